The van der Waals surface area contributed by atoms with E-state index < -0.39 is 0 Å². The van der Waals surface area contributed by atoms with Gasteiger partial charge in [-0.25, -0.2) is 4.63 Å². The number of piperidine rings is 1. The van der Waals surface area contributed by atoms with Crippen LogP contribution in [0.15, 0.2) is 4.63 Å². The van der Waals surface area contributed by atoms with E-state index in [1.807, 2.05) is 6.92 Å². The highest BCUT2D eigenvalue weighted by Gasteiger charge is 2.18. The van der Waals surface area contributed by atoms with E-state index in [4.69, 9.17) is 4.63 Å². The second kappa shape index (κ2) is 6.85. The summed E-state index contributed by atoms with van der Waals surface area (Å²) in [6, 6.07) is 0.630. The Morgan fingerprint density at radius 3 is 2.89 bits per heavy atom. The minimum absolute atomic E-state index is 0.630. The third kappa shape index (κ3) is 3.78. The number of aromatic nitrogens is 2. The van der Waals surface area contributed by atoms with E-state index >= 15 is 0 Å². The molecule has 0 bridgehead atoms. The van der Waals surface area contributed by atoms with Crippen molar-refractivity contribution in [1.29, 1.82) is 0 Å². The molecule has 5 nitrogen and oxygen atoms in total. The number of aryl methyl sites for hydroxylation is 1. The molecule has 1 unspecified atom stereocenters. The summed E-state index contributed by atoms with van der Waals surface area (Å²) >= 11 is 0. The highest BCUT2D eigenvalue weighted by atomic mass is 16.6. The average molecular weight is 252 g/mol. The molecule has 1 fully saturated rings. The van der Waals surface area contributed by atoms with Gasteiger partial charge in [0.1, 0.15) is 11.4 Å². The molecule has 1 aliphatic rings. The molecule has 0 aromatic carbocycles. The second-order valence-electron chi connectivity index (χ2n) is 5.18. The molecule has 0 spiro atoms. The Labute approximate surface area is 109 Å². The van der Waals surface area contributed by atoms with E-state index in [1.165, 1.54) is 19.3 Å². The summed E-state index contributed by atoms with van der Waals surface area (Å²) in [6.45, 7) is 8.38. The van der Waals surface area contributed by atoms with Crippen LogP contribution in [-0.2, 0) is 6.54 Å². The molecule has 1 N–H and O–H groups in total. The van der Waals surface area contributed by atoms with Crippen LogP contribution in [0.1, 0.15) is 44.0 Å². The lowest BCUT2D eigenvalue weighted by atomic mass is 10.0. The summed E-state index contributed by atoms with van der Waals surface area (Å²) < 4.78 is 4.77. The number of rotatable bonds is 6. The maximum absolute atomic E-state index is 4.77. The number of nitrogens with one attached hydrogen (secondary N) is 1. The van der Waals surface area contributed by atoms with Crippen LogP contribution in [0.3, 0.4) is 0 Å². The molecule has 2 rings (SSSR count). The van der Waals surface area contributed by atoms with Gasteiger partial charge in [-0.1, -0.05) is 23.7 Å². The van der Waals surface area contributed by atoms with Crippen LogP contribution in [0.25, 0.3) is 0 Å². The molecular weight excluding hydrogens is 228 g/mol. The van der Waals surface area contributed by atoms with Crippen LogP contribution in [-0.4, -0.2) is 40.9 Å². The fourth-order valence-electron chi connectivity index (χ4n) is 2.55. The standard InChI is InChI=1S/C13H24N4O/c1-3-8-17(9-12-6-4-5-7-14-12)10-13-11(2)15-18-16-13/h12,14H,3-10H2,1-2H3. The van der Waals surface area contributed by atoms with E-state index in [-0.39, 0.29) is 0 Å². The van der Waals surface area contributed by atoms with Crippen molar-refractivity contribution in [3.8, 4) is 0 Å². The van der Waals surface area contributed by atoms with Gasteiger partial charge in [0.2, 0.25) is 0 Å². The van der Waals surface area contributed by atoms with Crippen molar-refractivity contribution in [2.75, 3.05) is 19.6 Å². The van der Waals surface area contributed by atoms with Crippen LogP contribution in [0, 0.1) is 6.92 Å². The molecule has 102 valence electrons. The van der Waals surface area contributed by atoms with Crippen molar-refractivity contribution in [2.24, 2.45) is 0 Å². The van der Waals surface area contributed by atoms with Gasteiger partial charge in [-0.05, 0) is 39.3 Å². The highest BCUT2D eigenvalue weighted by Crippen LogP contribution is 2.12. The van der Waals surface area contributed by atoms with Gasteiger partial charge in [0.05, 0.1) is 0 Å². The molecule has 0 aliphatic carbocycles. The van der Waals surface area contributed by atoms with Gasteiger partial charge in [0.25, 0.3) is 0 Å². The van der Waals surface area contributed by atoms with Crippen molar-refractivity contribution in [3.63, 3.8) is 0 Å². The first-order chi connectivity index (χ1) is 8.79. The first-order valence-corrected chi connectivity index (χ1v) is 7.03. The Kier molecular flexibility index (Phi) is 5.13. The Morgan fingerprint density at radius 2 is 2.28 bits per heavy atom. The van der Waals surface area contributed by atoms with Gasteiger partial charge >= 0.3 is 0 Å². The van der Waals surface area contributed by atoms with E-state index in [2.05, 4.69) is 27.5 Å². The Morgan fingerprint density at radius 1 is 1.39 bits per heavy atom. The first-order valence-electron chi connectivity index (χ1n) is 7.03. The number of hydrogen-bond acceptors (Lipinski definition) is 5. The fraction of sp³-hybridized carbons (Fsp3) is 0.846. The summed E-state index contributed by atoms with van der Waals surface area (Å²) in [5, 5.41) is 11.4. The number of hydrogen-bond donors (Lipinski definition) is 1. The average Bonchev–Trinajstić information content (AvgIpc) is 2.77. The summed E-state index contributed by atoms with van der Waals surface area (Å²) in [5.41, 5.74) is 1.88. The van der Waals surface area contributed by atoms with Crippen molar-refractivity contribution >= 4 is 0 Å². The molecule has 1 aromatic heterocycles. The molecular formula is C13H24N4O. The van der Waals surface area contributed by atoms with Gasteiger partial charge in [-0.15, -0.1) is 0 Å². The smallest absolute Gasteiger partial charge is 0.122 e. The first kappa shape index (κ1) is 13.5. The van der Waals surface area contributed by atoms with Crippen LogP contribution in [0.2, 0.25) is 0 Å². The Balaban J connectivity index is 1.88. The molecule has 0 amide bonds. The minimum Gasteiger partial charge on any atom is -0.313 e. The third-order valence-electron chi connectivity index (χ3n) is 3.55. The van der Waals surface area contributed by atoms with E-state index in [0.29, 0.717) is 6.04 Å². The van der Waals surface area contributed by atoms with E-state index in [9.17, 15) is 0 Å². The van der Waals surface area contributed by atoms with Crippen LogP contribution < -0.4 is 5.32 Å². The van der Waals surface area contributed by atoms with Gasteiger partial charge in [-0.3, -0.25) is 4.90 Å². The van der Waals surface area contributed by atoms with Gasteiger partial charge in [-0.2, -0.15) is 0 Å². The lowest BCUT2D eigenvalue weighted by Gasteiger charge is -2.30. The molecule has 18 heavy (non-hydrogen) atoms. The summed E-state index contributed by atoms with van der Waals surface area (Å²) in [6.07, 6.45) is 5.12. The zero-order valence-corrected chi connectivity index (χ0v) is 11.5. The predicted molar refractivity (Wildman–Crippen MR) is 70.2 cm³/mol. The van der Waals surface area contributed by atoms with Crippen LogP contribution in [0.4, 0.5) is 0 Å². The SMILES string of the molecule is CCCN(Cc1nonc1C)CC1CCCCN1. The van der Waals surface area contributed by atoms with Crippen molar-refractivity contribution < 1.29 is 4.63 Å². The zero-order valence-electron chi connectivity index (χ0n) is 11.5. The fourth-order valence-corrected chi connectivity index (χ4v) is 2.55. The van der Waals surface area contributed by atoms with Crippen LogP contribution >= 0.6 is 0 Å². The Bertz CT molecular complexity index is 347. The molecule has 1 aliphatic heterocycles. The summed E-state index contributed by atoms with van der Waals surface area (Å²) in [4.78, 5) is 2.45. The monoisotopic (exact) mass is 252 g/mol. The zero-order chi connectivity index (χ0) is 12.8. The summed E-state index contributed by atoms with van der Waals surface area (Å²) in [7, 11) is 0. The molecule has 1 saturated heterocycles. The quantitative estimate of drug-likeness (QED) is 0.835. The highest BCUT2D eigenvalue weighted by molar-refractivity contribution is 5.04. The van der Waals surface area contributed by atoms with Crippen molar-refractivity contribution in [1.82, 2.24) is 20.5 Å². The predicted octanol–water partition coefficient (Wildman–Crippen LogP) is 1.73. The maximum atomic E-state index is 4.77. The van der Waals surface area contributed by atoms with Crippen molar-refractivity contribution in [3.05, 3.63) is 11.4 Å². The van der Waals surface area contributed by atoms with Crippen LogP contribution in [0.5, 0.6) is 0 Å². The van der Waals surface area contributed by atoms with E-state index in [1.54, 1.807) is 0 Å². The second-order valence-corrected chi connectivity index (χ2v) is 5.18. The van der Waals surface area contributed by atoms with Gasteiger partial charge in [0, 0.05) is 19.1 Å². The van der Waals surface area contributed by atoms with E-state index in [0.717, 1.165) is 44.0 Å². The lowest BCUT2D eigenvalue weighted by Crippen LogP contribution is -2.43. The molecule has 2 heterocycles. The largest absolute Gasteiger partial charge is 0.313 e. The topological polar surface area (TPSA) is 54.2 Å². The maximum Gasteiger partial charge on any atom is 0.122 e. The van der Waals surface area contributed by atoms with Gasteiger partial charge in [0.15, 0.2) is 0 Å². The normalized spacial score (nSPS) is 20.5. The lowest BCUT2D eigenvalue weighted by molar-refractivity contribution is 0.210. The molecule has 0 saturated carbocycles. The van der Waals surface area contributed by atoms with Gasteiger partial charge < -0.3 is 5.32 Å². The number of nitrogens with zero attached hydrogens (tertiary/aromatic N) is 3. The summed E-state index contributed by atoms with van der Waals surface area (Å²) in [5.74, 6) is 0. The minimum atomic E-state index is 0.630. The third-order valence-corrected chi connectivity index (χ3v) is 3.55. The molecule has 5 heteroatoms. The molecule has 1 atom stereocenters. The van der Waals surface area contributed by atoms with Crippen molar-refractivity contribution in [2.45, 2.75) is 52.1 Å². The molecule has 1 aromatic rings. The Hall–Kier alpha value is -0.940. The molecule has 0 radical (unpaired) electrons.